The molecule has 1 unspecified atom stereocenters. The number of nitrogens with one attached hydrogen (secondary N) is 3. The summed E-state index contributed by atoms with van der Waals surface area (Å²) in [5, 5.41) is 28.3. The molecule has 220 valence electrons. The quantitative estimate of drug-likeness (QED) is 0.226. The Morgan fingerprint density at radius 2 is 1.95 bits per heavy atom. The van der Waals surface area contributed by atoms with Gasteiger partial charge in [-0.15, -0.1) is 10.2 Å². The number of rotatable bonds is 9. The van der Waals surface area contributed by atoms with E-state index in [0.717, 1.165) is 13.0 Å². The molecule has 0 bridgehead atoms. The predicted octanol–water partition coefficient (Wildman–Crippen LogP) is 4.07. The largest absolute Gasteiger partial charge is 0.494 e. The lowest BCUT2D eigenvalue weighted by atomic mass is 10.1. The molecule has 43 heavy (non-hydrogen) atoms. The Hall–Kier alpha value is -5.43. The zero-order valence-electron chi connectivity index (χ0n) is 23.3. The number of aryl methyl sites for hydroxylation is 1. The summed E-state index contributed by atoms with van der Waals surface area (Å²) in [4.78, 5) is 18.9. The molecule has 16 heteroatoms. The molecule has 1 saturated heterocycles. The van der Waals surface area contributed by atoms with Crippen LogP contribution >= 0.6 is 0 Å². The number of aromatic amines is 1. The normalized spacial score (nSPS) is 14.8. The van der Waals surface area contributed by atoms with Crippen LogP contribution in [0.2, 0.25) is 0 Å². The summed E-state index contributed by atoms with van der Waals surface area (Å²) in [6.45, 7) is 1.41. The minimum Gasteiger partial charge on any atom is -0.494 e. The van der Waals surface area contributed by atoms with E-state index < -0.39 is 12.2 Å². The first kappa shape index (κ1) is 27.7. The van der Waals surface area contributed by atoms with Gasteiger partial charge in [0.25, 0.3) is 6.43 Å². The number of fused-ring (bicyclic) bond motifs is 1. The third-order valence-corrected chi connectivity index (χ3v) is 6.98. The number of halogens is 2. The Labute approximate surface area is 243 Å². The summed E-state index contributed by atoms with van der Waals surface area (Å²) in [5.41, 5.74) is 2.71. The van der Waals surface area contributed by atoms with Crippen LogP contribution in [0.1, 0.15) is 24.4 Å². The molecule has 0 saturated carbocycles. The van der Waals surface area contributed by atoms with Crippen molar-refractivity contribution in [3.63, 3.8) is 0 Å². The number of methoxy groups -OCH3 is 2. The topological polar surface area (TPSA) is 168 Å². The van der Waals surface area contributed by atoms with Gasteiger partial charge in [-0.1, -0.05) is 6.07 Å². The smallest absolute Gasteiger partial charge is 0.295 e. The second-order valence-electron chi connectivity index (χ2n) is 9.68. The standard InChI is InChI=1S/C27H26F2N12O2/c1-40-38-25(37-39-40)15-5-4-6-16(23(15)43-3)31-17-11-21(34-26-22(17)35-27(36-26)24(28)29)33-20-8-7-19(18(12-30)32-20)41-10-9-14(13-41)42-2/h4-8,11,14,24H,9-10,13H2,1-3H3,(H3,31,32,33,34,35,36). The van der Waals surface area contributed by atoms with Crippen molar-refractivity contribution in [3.05, 3.63) is 47.9 Å². The van der Waals surface area contributed by atoms with Gasteiger partial charge in [-0.05, 0) is 35.9 Å². The molecule has 1 fully saturated rings. The Balaban J connectivity index is 1.36. The minimum absolute atomic E-state index is 0.0494. The van der Waals surface area contributed by atoms with Crippen LogP contribution in [0.3, 0.4) is 0 Å². The van der Waals surface area contributed by atoms with Gasteiger partial charge in [-0.25, -0.2) is 23.7 Å². The number of benzene rings is 1. The summed E-state index contributed by atoms with van der Waals surface area (Å²) < 4.78 is 38.4. The van der Waals surface area contributed by atoms with E-state index >= 15 is 0 Å². The molecular weight excluding hydrogens is 562 g/mol. The van der Waals surface area contributed by atoms with E-state index in [1.54, 1.807) is 44.5 Å². The summed E-state index contributed by atoms with van der Waals surface area (Å²) in [6, 6.07) is 12.6. The molecule has 1 aromatic carbocycles. The summed E-state index contributed by atoms with van der Waals surface area (Å²) in [5.74, 6) is 0.844. The summed E-state index contributed by atoms with van der Waals surface area (Å²) in [6.07, 6.45) is -1.89. The highest BCUT2D eigenvalue weighted by molar-refractivity contribution is 5.92. The molecule has 3 N–H and O–H groups in total. The number of pyridine rings is 2. The van der Waals surface area contributed by atoms with Crippen LogP contribution in [0, 0.1) is 11.3 Å². The predicted molar refractivity (Wildman–Crippen MR) is 153 cm³/mol. The Kier molecular flexibility index (Phi) is 7.38. The van der Waals surface area contributed by atoms with Gasteiger partial charge >= 0.3 is 0 Å². The molecule has 1 aliphatic heterocycles. The highest BCUT2D eigenvalue weighted by atomic mass is 19.3. The van der Waals surface area contributed by atoms with Gasteiger partial charge in [0.05, 0.1) is 42.9 Å². The van der Waals surface area contributed by atoms with E-state index in [2.05, 4.69) is 56.9 Å². The monoisotopic (exact) mass is 588 g/mol. The second-order valence-corrected chi connectivity index (χ2v) is 9.68. The highest BCUT2D eigenvalue weighted by Crippen LogP contribution is 2.38. The van der Waals surface area contributed by atoms with Crippen LogP contribution in [0.25, 0.3) is 22.6 Å². The fraction of sp³-hybridized carbons (Fsp3) is 0.296. The van der Waals surface area contributed by atoms with E-state index in [-0.39, 0.29) is 28.8 Å². The Bertz CT molecular complexity index is 1830. The Morgan fingerprint density at radius 1 is 1.09 bits per heavy atom. The Morgan fingerprint density at radius 3 is 2.65 bits per heavy atom. The van der Waals surface area contributed by atoms with Gasteiger partial charge in [-0.2, -0.15) is 10.1 Å². The number of ether oxygens (including phenoxy) is 2. The SMILES string of the molecule is COc1c(Nc2cc(Nc3ccc(N4CCC(OC)C4)c(C#N)n3)nc3nc(C(F)F)[nH]c23)cccc1-c1nnn(C)n1. The fourth-order valence-electron chi connectivity index (χ4n) is 4.97. The number of hydrogen-bond donors (Lipinski definition) is 3. The van der Waals surface area contributed by atoms with E-state index in [9.17, 15) is 14.0 Å². The number of alkyl halides is 2. The highest BCUT2D eigenvalue weighted by Gasteiger charge is 2.25. The van der Waals surface area contributed by atoms with Crippen molar-refractivity contribution in [2.45, 2.75) is 19.0 Å². The van der Waals surface area contributed by atoms with Crippen LogP contribution in [0.5, 0.6) is 5.75 Å². The number of nitriles is 1. The lowest BCUT2D eigenvalue weighted by molar-refractivity contribution is 0.121. The number of para-hydroxylation sites is 1. The molecule has 0 aliphatic carbocycles. The zero-order valence-corrected chi connectivity index (χ0v) is 23.3. The van der Waals surface area contributed by atoms with Gasteiger partial charge < -0.3 is 30.0 Å². The molecule has 0 spiro atoms. The number of tetrazole rings is 1. The van der Waals surface area contributed by atoms with Gasteiger partial charge in [0, 0.05) is 26.3 Å². The number of H-pyrrole nitrogens is 1. The molecule has 14 nitrogen and oxygen atoms in total. The van der Waals surface area contributed by atoms with Crippen molar-refractivity contribution in [1.29, 1.82) is 5.26 Å². The van der Waals surface area contributed by atoms with E-state index in [1.807, 2.05) is 6.07 Å². The molecule has 1 atom stereocenters. The maximum Gasteiger partial charge on any atom is 0.295 e. The summed E-state index contributed by atoms with van der Waals surface area (Å²) >= 11 is 0. The minimum atomic E-state index is -2.84. The molecule has 0 radical (unpaired) electrons. The van der Waals surface area contributed by atoms with Crippen LogP contribution in [0.15, 0.2) is 36.4 Å². The number of aromatic nitrogens is 8. The first-order valence-corrected chi connectivity index (χ1v) is 13.2. The maximum absolute atomic E-state index is 13.6. The molecule has 6 rings (SSSR count). The van der Waals surface area contributed by atoms with Crippen molar-refractivity contribution < 1.29 is 18.3 Å². The van der Waals surface area contributed by atoms with E-state index in [4.69, 9.17) is 9.47 Å². The number of anilines is 5. The first-order valence-electron chi connectivity index (χ1n) is 13.2. The molecular formula is C27H26F2N12O2. The van der Waals surface area contributed by atoms with Gasteiger partial charge in [-0.3, -0.25) is 0 Å². The maximum atomic E-state index is 13.6. The molecule has 0 amide bonds. The van der Waals surface area contributed by atoms with Crippen molar-refractivity contribution in [1.82, 2.24) is 40.1 Å². The molecule has 4 aromatic heterocycles. The number of imidazole rings is 1. The average Bonchev–Trinajstić information content (AvgIpc) is 3.77. The van der Waals surface area contributed by atoms with E-state index in [1.165, 1.54) is 11.9 Å². The average molecular weight is 589 g/mol. The van der Waals surface area contributed by atoms with Crippen LogP contribution in [0.4, 0.5) is 37.5 Å². The second kappa shape index (κ2) is 11.4. The number of nitrogens with zero attached hydrogens (tertiary/aromatic N) is 9. The van der Waals surface area contributed by atoms with Crippen LogP contribution < -0.4 is 20.3 Å². The summed E-state index contributed by atoms with van der Waals surface area (Å²) in [7, 11) is 4.82. The van der Waals surface area contributed by atoms with Crippen molar-refractivity contribution in [2.75, 3.05) is 42.8 Å². The van der Waals surface area contributed by atoms with Gasteiger partial charge in [0.15, 0.2) is 22.9 Å². The molecule has 5 aromatic rings. The van der Waals surface area contributed by atoms with Gasteiger partial charge in [0.2, 0.25) is 5.82 Å². The van der Waals surface area contributed by atoms with Crippen LogP contribution in [-0.2, 0) is 11.8 Å². The molecule has 1 aliphatic rings. The van der Waals surface area contributed by atoms with Crippen molar-refractivity contribution in [2.24, 2.45) is 7.05 Å². The third kappa shape index (κ3) is 5.45. The fourth-order valence-corrected chi connectivity index (χ4v) is 4.97. The van der Waals surface area contributed by atoms with Crippen molar-refractivity contribution >= 4 is 39.9 Å². The van der Waals surface area contributed by atoms with Gasteiger partial charge in [0.1, 0.15) is 23.2 Å². The zero-order chi connectivity index (χ0) is 30.1. The number of hydrogen-bond acceptors (Lipinski definition) is 12. The van der Waals surface area contributed by atoms with Crippen LogP contribution in [-0.4, -0.2) is 73.6 Å². The lowest BCUT2D eigenvalue weighted by Crippen LogP contribution is -2.23. The molecule has 5 heterocycles. The van der Waals surface area contributed by atoms with Crippen molar-refractivity contribution in [3.8, 4) is 23.2 Å². The third-order valence-electron chi connectivity index (χ3n) is 6.98. The first-order chi connectivity index (χ1) is 20.9. The van der Waals surface area contributed by atoms with E-state index in [0.29, 0.717) is 46.6 Å². The lowest BCUT2D eigenvalue weighted by Gasteiger charge is -2.19.